The Morgan fingerprint density at radius 3 is 0.966 bits per heavy atom. The van der Waals surface area contributed by atoms with E-state index in [-0.39, 0.29) is 21.7 Å². The third kappa shape index (κ3) is 14.3. The normalized spacial score (nSPS) is 8.69. The van der Waals surface area contributed by atoms with Gasteiger partial charge in [-0.3, -0.25) is 0 Å². The Kier molecular flexibility index (Phi) is 14.2. The van der Waals surface area contributed by atoms with Crippen LogP contribution in [0.4, 0.5) is 0 Å². The van der Waals surface area contributed by atoms with E-state index >= 15 is 0 Å². The molecule has 0 aliphatic rings. The third-order valence-corrected chi connectivity index (χ3v) is 3.81. The van der Waals surface area contributed by atoms with Gasteiger partial charge in [0.15, 0.2) is 0 Å². The summed E-state index contributed by atoms with van der Waals surface area (Å²) in [6, 6.07) is 32.6. The Morgan fingerprint density at radius 2 is 0.862 bits per heavy atom. The molecule has 0 heterocycles. The van der Waals surface area contributed by atoms with Crippen LogP contribution < -0.4 is 0 Å². The number of benzene rings is 2. The molecule has 0 amide bonds. The molecule has 0 unspecified atom stereocenters. The molecule has 0 radical (unpaired) electrons. The third-order valence-electron chi connectivity index (χ3n) is 3.81. The fourth-order valence-corrected chi connectivity index (χ4v) is 2.39. The van der Waals surface area contributed by atoms with Crippen LogP contribution >= 0.6 is 0 Å². The molecule has 0 aliphatic heterocycles. The second-order valence-electron chi connectivity index (χ2n) is 6.90. The molecule has 0 bridgehead atoms. The van der Waals surface area contributed by atoms with E-state index in [1.54, 1.807) is 0 Å². The molecule has 148 valence electrons. The largest absolute Gasteiger partial charge is 4.00 e. The summed E-state index contributed by atoms with van der Waals surface area (Å²) in [4.78, 5) is 0. The summed E-state index contributed by atoms with van der Waals surface area (Å²) in [5.74, 6) is 0. The van der Waals surface area contributed by atoms with Crippen molar-refractivity contribution in [1.82, 2.24) is 0 Å². The van der Waals surface area contributed by atoms with E-state index in [1.165, 1.54) is 22.3 Å². The Bertz CT molecular complexity index is 758. The van der Waals surface area contributed by atoms with Crippen molar-refractivity contribution in [3.8, 4) is 0 Å². The van der Waals surface area contributed by atoms with Gasteiger partial charge >= 0.3 is 21.7 Å². The smallest absolute Gasteiger partial charge is 0.211 e. The summed E-state index contributed by atoms with van der Waals surface area (Å²) in [6.45, 7) is 15.9. The van der Waals surface area contributed by atoms with Gasteiger partial charge in [0.05, 0.1) is 0 Å². The number of rotatable bonds is 0. The summed E-state index contributed by atoms with van der Waals surface area (Å²) in [5, 5.41) is 0. The standard InChI is InChI=1S/2C7H9.2C7H7.Ti/c2*1-6-3-4-7(2)5-6;2*1-7-5-3-2-4-6-7;/h2*3-5H,1-2H3;2*2-6H,1H2;/q4*-1;+4. The van der Waals surface area contributed by atoms with Crippen LogP contribution in [0.1, 0.15) is 33.4 Å². The van der Waals surface area contributed by atoms with Gasteiger partial charge in [0.25, 0.3) is 0 Å². The Morgan fingerprint density at radius 1 is 0.552 bits per heavy atom. The second-order valence-corrected chi connectivity index (χ2v) is 6.90. The average Bonchev–Trinajstić information content (AvgIpc) is 3.24. The first-order chi connectivity index (χ1) is 13.4. The summed E-state index contributed by atoms with van der Waals surface area (Å²) >= 11 is 0. The van der Waals surface area contributed by atoms with Crippen molar-refractivity contribution >= 4 is 0 Å². The zero-order valence-electron chi connectivity index (χ0n) is 18.2. The molecule has 0 aliphatic carbocycles. The minimum Gasteiger partial charge on any atom is -0.211 e. The van der Waals surface area contributed by atoms with Gasteiger partial charge < -0.3 is 0 Å². The van der Waals surface area contributed by atoms with Crippen LogP contribution in [-0.2, 0) is 21.7 Å². The van der Waals surface area contributed by atoms with Gasteiger partial charge in [-0.15, -0.1) is 24.3 Å². The molecular weight excluding hydrogens is 384 g/mol. The molecule has 0 saturated carbocycles. The molecule has 0 saturated heterocycles. The van der Waals surface area contributed by atoms with Crippen LogP contribution in [0.25, 0.3) is 0 Å². The van der Waals surface area contributed by atoms with E-state index in [4.69, 9.17) is 0 Å². The maximum absolute atomic E-state index is 3.72. The fraction of sp³-hybridized carbons (Fsp3) is 0.143. The van der Waals surface area contributed by atoms with E-state index in [0.29, 0.717) is 0 Å². The van der Waals surface area contributed by atoms with Crippen LogP contribution in [0.2, 0.25) is 0 Å². The first-order valence-electron chi connectivity index (χ1n) is 9.50. The first kappa shape index (κ1) is 26.6. The monoisotopic (exact) mass is 416 g/mol. The van der Waals surface area contributed by atoms with Crippen LogP contribution in [0.5, 0.6) is 0 Å². The summed E-state index contributed by atoms with van der Waals surface area (Å²) in [6.07, 6.45) is 0. The second kappa shape index (κ2) is 15.5. The SMILES string of the molecule is Cc1cc[c-](C)c1.Cc1cc[c-](C)c1.[CH2-]c1ccccc1.[CH2-]c1ccccc1.[Ti+4]. The van der Waals surface area contributed by atoms with E-state index in [2.05, 4.69) is 77.9 Å². The Balaban J connectivity index is 0.000000356. The van der Waals surface area contributed by atoms with Gasteiger partial charge in [0, 0.05) is 0 Å². The minimum absolute atomic E-state index is 0. The molecule has 0 nitrogen and oxygen atoms in total. The number of hydrogen-bond donors (Lipinski definition) is 0. The molecule has 4 rings (SSSR count). The first-order valence-corrected chi connectivity index (χ1v) is 9.50. The molecule has 0 fully saturated rings. The van der Waals surface area contributed by atoms with Crippen LogP contribution in [0, 0.1) is 41.5 Å². The van der Waals surface area contributed by atoms with Gasteiger partial charge in [0.1, 0.15) is 0 Å². The predicted molar refractivity (Wildman–Crippen MR) is 125 cm³/mol. The van der Waals surface area contributed by atoms with Gasteiger partial charge in [-0.25, -0.2) is 23.3 Å². The van der Waals surface area contributed by atoms with Gasteiger partial charge in [-0.2, -0.15) is 84.6 Å². The van der Waals surface area contributed by atoms with E-state index < -0.39 is 0 Å². The van der Waals surface area contributed by atoms with Crippen LogP contribution in [-0.4, -0.2) is 0 Å². The van der Waals surface area contributed by atoms with E-state index in [1.807, 2.05) is 60.7 Å². The van der Waals surface area contributed by atoms with E-state index in [9.17, 15) is 0 Å². The van der Waals surface area contributed by atoms with Crippen molar-refractivity contribution in [2.24, 2.45) is 0 Å². The van der Waals surface area contributed by atoms with Gasteiger partial charge in [-0.05, 0) is 0 Å². The molecular formula is C28H32Ti. The maximum Gasteiger partial charge on any atom is 4.00 e. The zero-order valence-corrected chi connectivity index (χ0v) is 19.7. The van der Waals surface area contributed by atoms with Gasteiger partial charge in [0.2, 0.25) is 0 Å². The van der Waals surface area contributed by atoms with Crippen molar-refractivity contribution in [1.29, 1.82) is 0 Å². The summed E-state index contributed by atoms with van der Waals surface area (Å²) < 4.78 is 0. The molecule has 1 heteroatoms. The summed E-state index contributed by atoms with van der Waals surface area (Å²) in [7, 11) is 0. The molecule has 0 N–H and O–H groups in total. The van der Waals surface area contributed by atoms with Crippen molar-refractivity contribution in [2.45, 2.75) is 27.7 Å². The predicted octanol–water partition coefficient (Wildman–Crippen LogP) is 7.78. The zero-order chi connectivity index (χ0) is 20.8. The van der Waals surface area contributed by atoms with E-state index in [0.717, 1.165) is 11.1 Å². The average molecular weight is 416 g/mol. The number of hydrogen-bond acceptors (Lipinski definition) is 0. The molecule has 4 aromatic carbocycles. The quantitative estimate of drug-likeness (QED) is 0.203. The number of aryl methyl sites for hydroxylation is 4. The van der Waals surface area contributed by atoms with Crippen molar-refractivity contribution in [2.75, 3.05) is 0 Å². The molecule has 0 spiro atoms. The minimum atomic E-state index is 0. The Hall–Kier alpha value is -2.41. The summed E-state index contributed by atoms with van der Waals surface area (Å²) in [5.41, 5.74) is 7.58. The molecule has 4 aromatic rings. The van der Waals surface area contributed by atoms with Gasteiger partial charge in [-0.1, -0.05) is 39.8 Å². The molecule has 0 aromatic heterocycles. The van der Waals surface area contributed by atoms with Crippen LogP contribution in [0.15, 0.2) is 97.1 Å². The molecule has 0 atom stereocenters. The van der Waals surface area contributed by atoms with Crippen molar-refractivity contribution in [3.05, 3.63) is 144 Å². The van der Waals surface area contributed by atoms with Crippen LogP contribution in [0.3, 0.4) is 0 Å². The Labute approximate surface area is 193 Å². The maximum atomic E-state index is 3.72. The molecule has 29 heavy (non-hydrogen) atoms. The topological polar surface area (TPSA) is 0 Å². The van der Waals surface area contributed by atoms with Crippen molar-refractivity contribution < 1.29 is 21.7 Å². The fourth-order valence-electron chi connectivity index (χ4n) is 2.39. The van der Waals surface area contributed by atoms with Crippen molar-refractivity contribution in [3.63, 3.8) is 0 Å².